The monoisotopic (exact) mass is 634 g/mol. The van der Waals surface area contributed by atoms with Crippen molar-refractivity contribution in [2.75, 3.05) is 0 Å². The van der Waals surface area contributed by atoms with Crippen molar-refractivity contribution in [3.8, 4) is 28.6 Å². The van der Waals surface area contributed by atoms with Gasteiger partial charge in [0.15, 0.2) is 0 Å². The Balaban J connectivity index is 0.00000253. The number of fused-ring (bicyclic) bond motifs is 3. The Morgan fingerprint density at radius 1 is 0.771 bits per heavy atom. The van der Waals surface area contributed by atoms with Crippen LogP contribution >= 0.6 is 0 Å². The van der Waals surface area contributed by atoms with Crippen molar-refractivity contribution in [3.05, 3.63) is 115 Å². The van der Waals surface area contributed by atoms with Gasteiger partial charge in [0, 0.05) is 29.7 Å². The third kappa shape index (κ3) is 4.26. The third-order valence-electron chi connectivity index (χ3n) is 5.93. The van der Waals surface area contributed by atoms with E-state index in [1.54, 1.807) is 6.20 Å². The molecule has 6 rings (SSSR count). The quantitative estimate of drug-likeness (QED) is 0.192. The van der Waals surface area contributed by atoms with Crippen LogP contribution in [0.3, 0.4) is 0 Å². The predicted molar refractivity (Wildman–Crippen MR) is 135 cm³/mol. The molecule has 6 aromatic rings. The number of pyridine rings is 2. The van der Waals surface area contributed by atoms with Gasteiger partial charge in [-0.05, 0) is 42.1 Å². The van der Waals surface area contributed by atoms with Gasteiger partial charge >= 0.3 is 21.1 Å². The molecule has 0 aliphatic heterocycles. The first-order valence-electron chi connectivity index (χ1n) is 11.2. The Morgan fingerprint density at radius 2 is 1.60 bits per heavy atom. The average Bonchev–Trinajstić information content (AvgIpc) is 3.17. The van der Waals surface area contributed by atoms with Gasteiger partial charge in [-0.3, -0.25) is 0 Å². The van der Waals surface area contributed by atoms with E-state index in [4.69, 9.17) is 4.74 Å². The summed E-state index contributed by atoms with van der Waals surface area (Å²) in [5.74, 6) is 2.02. The summed E-state index contributed by atoms with van der Waals surface area (Å²) in [4.78, 5) is 8.89. The summed E-state index contributed by atoms with van der Waals surface area (Å²) in [6.45, 7) is 4.24. The molecule has 0 spiro atoms. The van der Waals surface area contributed by atoms with Gasteiger partial charge in [0.05, 0.1) is 0 Å². The van der Waals surface area contributed by atoms with E-state index in [2.05, 4.69) is 64.8 Å². The molecule has 4 nitrogen and oxygen atoms in total. The number of benzene rings is 3. The zero-order valence-electron chi connectivity index (χ0n) is 19.2. The first kappa shape index (κ1) is 23.0. The van der Waals surface area contributed by atoms with Gasteiger partial charge in [-0.15, -0.1) is 18.2 Å². The predicted octanol–water partition coefficient (Wildman–Crippen LogP) is 7.25. The maximum absolute atomic E-state index is 5.93. The van der Waals surface area contributed by atoms with Crippen LogP contribution in [0.4, 0.5) is 0 Å². The minimum Gasteiger partial charge on any atom is -0.460 e. The van der Waals surface area contributed by atoms with Gasteiger partial charge in [0.2, 0.25) is 5.88 Å². The van der Waals surface area contributed by atoms with Crippen LogP contribution in [0.25, 0.3) is 38.8 Å². The largest absolute Gasteiger partial charge is 2.00 e. The topological polar surface area (TPSA) is 39.9 Å². The Morgan fingerprint density at radius 3 is 2.37 bits per heavy atom. The molecule has 0 unspecified atom stereocenters. The van der Waals surface area contributed by atoms with Crippen LogP contribution in [-0.4, -0.2) is 14.5 Å². The maximum Gasteiger partial charge on any atom is 2.00 e. The van der Waals surface area contributed by atoms with E-state index >= 15 is 0 Å². The molecular formula is C30H21N3OPt. The number of aryl methyl sites for hydroxylation is 2. The molecule has 0 aliphatic rings. The second kappa shape index (κ2) is 9.48. The SMILES string of the molecule is Cc1ccc2c(c1)c1cc(C)c(-c3[c-]c(Oc4ccccn4)ccc3)[c-]c1n2-c1ccccn1.[Pt+2]. The smallest absolute Gasteiger partial charge is 0.460 e. The van der Waals surface area contributed by atoms with E-state index in [9.17, 15) is 0 Å². The molecule has 172 valence electrons. The van der Waals surface area contributed by atoms with E-state index in [1.807, 2.05) is 60.8 Å². The Hall–Kier alpha value is -3.75. The van der Waals surface area contributed by atoms with E-state index < -0.39 is 0 Å². The number of hydrogen-bond donors (Lipinski definition) is 0. The normalized spacial score (nSPS) is 10.9. The molecule has 0 fully saturated rings. The van der Waals surface area contributed by atoms with E-state index in [0.717, 1.165) is 38.9 Å². The minimum absolute atomic E-state index is 0. The molecule has 3 aromatic carbocycles. The van der Waals surface area contributed by atoms with Crippen LogP contribution in [0.1, 0.15) is 11.1 Å². The van der Waals surface area contributed by atoms with Gasteiger partial charge in [-0.25, -0.2) is 21.1 Å². The van der Waals surface area contributed by atoms with Crippen molar-refractivity contribution in [1.82, 2.24) is 14.5 Å². The second-order valence-electron chi connectivity index (χ2n) is 8.33. The van der Waals surface area contributed by atoms with Crippen LogP contribution in [-0.2, 0) is 21.1 Å². The molecular weight excluding hydrogens is 613 g/mol. The molecule has 3 aromatic heterocycles. The van der Waals surface area contributed by atoms with Crippen molar-refractivity contribution < 1.29 is 25.8 Å². The van der Waals surface area contributed by atoms with Crippen LogP contribution in [0.5, 0.6) is 11.6 Å². The second-order valence-corrected chi connectivity index (χ2v) is 8.33. The van der Waals surface area contributed by atoms with E-state index in [1.165, 1.54) is 10.9 Å². The molecule has 0 amide bonds. The van der Waals surface area contributed by atoms with Gasteiger partial charge in [0.1, 0.15) is 5.82 Å². The maximum atomic E-state index is 5.93. The number of hydrogen-bond acceptors (Lipinski definition) is 3. The third-order valence-corrected chi connectivity index (χ3v) is 5.93. The minimum atomic E-state index is 0. The van der Waals surface area contributed by atoms with Crippen molar-refractivity contribution in [2.45, 2.75) is 13.8 Å². The van der Waals surface area contributed by atoms with Crippen LogP contribution < -0.4 is 4.74 Å². The van der Waals surface area contributed by atoms with Crippen molar-refractivity contribution in [3.63, 3.8) is 0 Å². The molecule has 5 heteroatoms. The summed E-state index contributed by atoms with van der Waals surface area (Å²) < 4.78 is 8.11. The number of rotatable bonds is 4. The van der Waals surface area contributed by atoms with E-state index in [0.29, 0.717) is 11.6 Å². The zero-order valence-corrected chi connectivity index (χ0v) is 21.5. The summed E-state index contributed by atoms with van der Waals surface area (Å²) in [5, 5.41) is 2.36. The molecule has 0 saturated heterocycles. The van der Waals surface area contributed by atoms with Gasteiger partial charge in [-0.1, -0.05) is 42.1 Å². The first-order chi connectivity index (χ1) is 16.7. The summed E-state index contributed by atoms with van der Waals surface area (Å²) >= 11 is 0. The van der Waals surface area contributed by atoms with Crippen molar-refractivity contribution in [2.24, 2.45) is 0 Å². The first-order valence-corrected chi connectivity index (χ1v) is 11.2. The van der Waals surface area contributed by atoms with Crippen LogP contribution in [0.2, 0.25) is 0 Å². The van der Waals surface area contributed by atoms with Gasteiger partial charge < -0.3 is 9.30 Å². The number of aromatic nitrogens is 3. The Kier molecular flexibility index (Phi) is 6.23. The fraction of sp³-hybridized carbons (Fsp3) is 0.0667. The van der Waals surface area contributed by atoms with Crippen molar-refractivity contribution in [1.29, 1.82) is 0 Å². The zero-order chi connectivity index (χ0) is 23.1. The fourth-order valence-electron chi connectivity index (χ4n) is 4.38. The Labute approximate surface area is 218 Å². The Bertz CT molecular complexity index is 1640. The fourth-order valence-corrected chi connectivity index (χ4v) is 4.38. The van der Waals surface area contributed by atoms with Crippen LogP contribution in [0, 0.1) is 26.0 Å². The number of ether oxygens (including phenoxy) is 1. The molecule has 0 bridgehead atoms. The van der Waals surface area contributed by atoms with Gasteiger partial charge in [-0.2, -0.15) is 23.8 Å². The molecule has 0 radical (unpaired) electrons. The number of nitrogens with zero attached hydrogens (tertiary/aromatic N) is 3. The van der Waals surface area contributed by atoms with Crippen LogP contribution in [0.15, 0.2) is 91.3 Å². The average molecular weight is 635 g/mol. The molecule has 35 heavy (non-hydrogen) atoms. The molecule has 0 atom stereocenters. The summed E-state index contributed by atoms with van der Waals surface area (Å²) in [7, 11) is 0. The van der Waals surface area contributed by atoms with Crippen molar-refractivity contribution >= 4 is 21.8 Å². The van der Waals surface area contributed by atoms with E-state index in [-0.39, 0.29) is 21.1 Å². The molecule has 0 N–H and O–H groups in total. The standard InChI is InChI=1S/C30H21N3O.Pt/c1-20-12-13-27-25(16-20)26-17-21(2)24(19-28(26)33(27)29-10-3-5-14-31-29)22-8-7-9-23(18-22)34-30-11-4-6-15-32-30;/h3-17H,1-2H3;/q-2;+2. The van der Waals surface area contributed by atoms with Gasteiger partial charge in [0.25, 0.3) is 0 Å². The summed E-state index contributed by atoms with van der Waals surface area (Å²) in [6.07, 6.45) is 3.53. The molecule has 0 saturated carbocycles. The summed E-state index contributed by atoms with van der Waals surface area (Å²) in [5.41, 5.74) is 6.35. The summed E-state index contributed by atoms with van der Waals surface area (Å²) in [6, 6.07) is 33.3. The molecule has 3 heterocycles. The molecule has 0 aliphatic carbocycles.